The fourth-order valence-electron chi connectivity index (χ4n) is 4.45. The molecule has 0 spiro atoms. The molecule has 1 unspecified atom stereocenters. The lowest BCUT2D eigenvalue weighted by Gasteiger charge is -2.31. The first-order valence-electron chi connectivity index (χ1n) is 15.3. The van der Waals surface area contributed by atoms with Crippen molar-refractivity contribution in [2.75, 3.05) is 42.3 Å². The monoisotopic (exact) mass is 596 g/mol. The number of rotatable bonds is 9. The normalized spacial score (nSPS) is 15.1. The van der Waals surface area contributed by atoms with Gasteiger partial charge in [-0.3, -0.25) is 14.4 Å². The van der Waals surface area contributed by atoms with Crippen LogP contribution in [0.3, 0.4) is 0 Å². The average molecular weight is 597 g/mol. The third-order valence-electron chi connectivity index (χ3n) is 7.21. The molecule has 2 aliphatic heterocycles. The van der Waals surface area contributed by atoms with Crippen molar-refractivity contribution in [3.05, 3.63) is 59.4 Å². The Morgan fingerprint density at radius 1 is 1.16 bits per heavy atom. The minimum Gasteiger partial charge on any atom is -0.497 e. The first-order valence-corrected chi connectivity index (χ1v) is 15.3. The zero-order valence-corrected chi connectivity index (χ0v) is 26.8. The average Bonchev–Trinajstić information content (AvgIpc) is 2.99. The zero-order valence-electron chi connectivity index (χ0n) is 26.8. The van der Waals surface area contributed by atoms with Crippen LogP contribution in [0.1, 0.15) is 83.1 Å². The van der Waals surface area contributed by atoms with E-state index in [0.717, 1.165) is 38.1 Å². The van der Waals surface area contributed by atoms with Crippen molar-refractivity contribution in [2.45, 2.75) is 79.7 Å². The number of amides is 2. The van der Waals surface area contributed by atoms with E-state index < -0.39 is 11.9 Å². The van der Waals surface area contributed by atoms with Crippen LogP contribution < -0.4 is 25.6 Å². The van der Waals surface area contributed by atoms with Gasteiger partial charge in [0.05, 0.1) is 24.0 Å². The van der Waals surface area contributed by atoms with Gasteiger partial charge in [-0.25, -0.2) is 4.39 Å². The molecule has 0 saturated carbocycles. The lowest BCUT2D eigenvalue weighted by Crippen LogP contribution is -2.38. The van der Waals surface area contributed by atoms with Gasteiger partial charge in [0.1, 0.15) is 23.4 Å². The Balaban J connectivity index is 0.000000455. The van der Waals surface area contributed by atoms with Crippen LogP contribution in [0, 0.1) is 11.7 Å². The fourth-order valence-corrected chi connectivity index (χ4v) is 4.45. The van der Waals surface area contributed by atoms with Crippen LogP contribution in [-0.2, 0) is 16.0 Å². The number of allylic oxidation sites excluding steroid dienone is 2. The van der Waals surface area contributed by atoms with Gasteiger partial charge < -0.3 is 25.6 Å². The third kappa shape index (κ3) is 11.0. The van der Waals surface area contributed by atoms with Crippen molar-refractivity contribution in [2.24, 2.45) is 5.92 Å². The van der Waals surface area contributed by atoms with E-state index in [4.69, 9.17) is 4.74 Å². The van der Waals surface area contributed by atoms with E-state index in [-0.39, 0.29) is 34.8 Å². The summed E-state index contributed by atoms with van der Waals surface area (Å²) >= 11 is 0. The Morgan fingerprint density at radius 3 is 2.44 bits per heavy atom. The summed E-state index contributed by atoms with van der Waals surface area (Å²) < 4.78 is 19.4. The molecule has 0 radical (unpaired) electrons. The molecule has 2 heterocycles. The molecular formula is C34H49FN4O4. The van der Waals surface area contributed by atoms with Crippen molar-refractivity contribution < 1.29 is 23.5 Å². The molecule has 0 saturated heterocycles. The van der Waals surface area contributed by atoms with Gasteiger partial charge in [0.25, 0.3) is 5.91 Å². The van der Waals surface area contributed by atoms with Gasteiger partial charge in [0.15, 0.2) is 0 Å². The van der Waals surface area contributed by atoms with E-state index in [0.29, 0.717) is 12.2 Å². The molecule has 236 valence electrons. The number of hydrogen-bond donors (Lipinski definition) is 3. The summed E-state index contributed by atoms with van der Waals surface area (Å²) in [4.78, 5) is 37.0. The molecule has 8 nitrogen and oxygen atoms in total. The number of nitrogens with zero attached hydrogens (tertiary/aromatic N) is 1. The first kappa shape index (κ1) is 35.3. The highest BCUT2D eigenvalue weighted by Gasteiger charge is 2.27. The number of anilines is 3. The predicted octanol–water partition coefficient (Wildman–Crippen LogP) is 6.75. The molecule has 0 fully saturated rings. The molecule has 2 amide bonds. The number of carbonyl (C=O) groups excluding carboxylic acids is 3. The van der Waals surface area contributed by atoms with Gasteiger partial charge in [0, 0.05) is 37.3 Å². The maximum atomic E-state index is 14.0. The number of benzene rings is 2. The number of halogens is 1. The van der Waals surface area contributed by atoms with Crippen LogP contribution in [0.5, 0.6) is 5.75 Å². The molecule has 4 rings (SSSR count). The van der Waals surface area contributed by atoms with Crippen molar-refractivity contribution in [1.29, 1.82) is 0 Å². The van der Waals surface area contributed by atoms with E-state index in [1.807, 2.05) is 19.9 Å². The maximum Gasteiger partial charge on any atom is 0.253 e. The van der Waals surface area contributed by atoms with Gasteiger partial charge in [-0.1, -0.05) is 45.9 Å². The molecule has 2 aliphatic rings. The number of ether oxygens (including phenoxy) is 1. The number of aryl methyl sites for hydroxylation is 1. The summed E-state index contributed by atoms with van der Waals surface area (Å²) in [5, 5.41) is 8.51. The molecule has 2 aromatic rings. The molecule has 9 heteroatoms. The van der Waals surface area contributed by atoms with E-state index in [2.05, 4.69) is 59.0 Å². The van der Waals surface area contributed by atoms with Crippen LogP contribution in [0.4, 0.5) is 21.5 Å². The van der Waals surface area contributed by atoms with Gasteiger partial charge in [-0.15, -0.1) is 0 Å². The molecular weight excluding hydrogens is 547 g/mol. The second-order valence-electron chi connectivity index (χ2n) is 11.0. The van der Waals surface area contributed by atoms with Gasteiger partial charge in [0.2, 0.25) is 5.91 Å². The molecule has 0 aliphatic carbocycles. The number of carbonyl (C=O) groups is 3. The van der Waals surface area contributed by atoms with Gasteiger partial charge >= 0.3 is 0 Å². The summed E-state index contributed by atoms with van der Waals surface area (Å²) in [5.74, 6) is 0.110. The van der Waals surface area contributed by atoms with Crippen molar-refractivity contribution in [1.82, 2.24) is 5.32 Å². The molecule has 0 aromatic heterocycles. The Bertz CT molecular complexity index is 1260. The van der Waals surface area contributed by atoms with E-state index >= 15 is 0 Å². The number of hydrogen-bond acceptors (Lipinski definition) is 6. The van der Waals surface area contributed by atoms with E-state index in [9.17, 15) is 18.8 Å². The maximum absolute atomic E-state index is 14.0. The second-order valence-corrected chi connectivity index (χ2v) is 11.0. The van der Waals surface area contributed by atoms with E-state index in [1.54, 1.807) is 21.0 Å². The number of Topliss-reactive ketones (excluding diaryl/α,β-unsaturated/α-hetero) is 1. The van der Waals surface area contributed by atoms with Crippen molar-refractivity contribution >= 4 is 34.7 Å². The highest BCUT2D eigenvalue weighted by molar-refractivity contribution is 6.09. The lowest BCUT2D eigenvalue weighted by molar-refractivity contribution is -0.119. The first-order chi connectivity index (χ1) is 20.5. The van der Waals surface area contributed by atoms with Gasteiger partial charge in [-0.2, -0.15) is 0 Å². The summed E-state index contributed by atoms with van der Waals surface area (Å²) in [6.07, 6.45) is 9.61. The van der Waals surface area contributed by atoms with Crippen molar-refractivity contribution in [3.63, 3.8) is 0 Å². The lowest BCUT2D eigenvalue weighted by atomic mass is 10.0. The number of methoxy groups -OCH3 is 1. The van der Waals surface area contributed by atoms with Crippen LogP contribution in [0.15, 0.2) is 42.5 Å². The standard InChI is InChI=1S/C23H27FN4O3.C6H12.C5H10O/c1-14-22(29)27-19-12-16(24)11-18(21(19)26-14)23(30)25-8-4-10-28-9-3-5-15-6-7-17(31-2)13-20(15)28;1-3-5-6-4-2;1-4(2)5(3)6/h6-7,11-14,26H,3-5,8-10H2,1-2H3,(H,25,30)(H,27,29);5-6H,3-4H2,1-2H3;4H,1-3H3/b;6-5-;. The highest BCUT2D eigenvalue weighted by atomic mass is 19.1. The Hall–Kier alpha value is -3.88. The molecule has 1 atom stereocenters. The third-order valence-corrected chi connectivity index (χ3v) is 7.21. The van der Waals surface area contributed by atoms with Crippen LogP contribution in [-0.4, -0.2) is 50.4 Å². The Kier molecular flexibility index (Phi) is 14.7. The Morgan fingerprint density at radius 2 is 1.84 bits per heavy atom. The largest absolute Gasteiger partial charge is 0.497 e. The predicted molar refractivity (Wildman–Crippen MR) is 174 cm³/mol. The van der Waals surface area contributed by atoms with Crippen LogP contribution >= 0.6 is 0 Å². The fraction of sp³-hybridized carbons (Fsp3) is 0.500. The summed E-state index contributed by atoms with van der Waals surface area (Å²) in [6.45, 7) is 13.6. The zero-order chi connectivity index (χ0) is 31.9. The SMILES string of the molecule is CC(=O)C(C)C.CC/C=C\CC.COc1ccc2c(c1)N(CCCNC(=O)c1cc(F)cc3c1NC(C)C(=O)N3)CCC2. The molecule has 0 bridgehead atoms. The van der Waals surface area contributed by atoms with Gasteiger partial charge in [-0.05, 0) is 69.7 Å². The number of nitrogens with one attached hydrogen (secondary N) is 3. The smallest absolute Gasteiger partial charge is 0.253 e. The highest BCUT2D eigenvalue weighted by Crippen LogP contribution is 2.32. The molecule has 3 N–H and O–H groups in total. The number of fused-ring (bicyclic) bond motifs is 2. The summed E-state index contributed by atoms with van der Waals surface area (Å²) in [5.41, 5.74) is 3.42. The van der Waals surface area contributed by atoms with Crippen molar-refractivity contribution in [3.8, 4) is 5.75 Å². The minimum absolute atomic E-state index is 0.190. The quantitative estimate of drug-likeness (QED) is 0.219. The topological polar surface area (TPSA) is 99.8 Å². The molecule has 2 aromatic carbocycles. The Labute approximate surface area is 256 Å². The second kappa shape index (κ2) is 17.9. The molecule has 43 heavy (non-hydrogen) atoms. The van der Waals surface area contributed by atoms with E-state index in [1.165, 1.54) is 36.2 Å². The summed E-state index contributed by atoms with van der Waals surface area (Å²) in [7, 11) is 1.66. The minimum atomic E-state index is -0.570. The summed E-state index contributed by atoms with van der Waals surface area (Å²) in [6, 6.07) is 8.07. The van der Waals surface area contributed by atoms with Crippen LogP contribution in [0.2, 0.25) is 0 Å². The van der Waals surface area contributed by atoms with Crippen LogP contribution in [0.25, 0.3) is 0 Å². The number of ketones is 1.